The molecule has 2 fully saturated rings. The van der Waals surface area contributed by atoms with Crippen molar-refractivity contribution in [3.63, 3.8) is 0 Å². The SMILES string of the molecule is C[C@@H](O)[C@H]1C(=O)N2C(C(=O)O)=C(S[C@@H]3CN[C@H](CN4CCn5nccc54)C3)[C@H](C)[C@H]12. The molecule has 3 N–H and O–H groups in total. The molecule has 0 unspecified atom stereocenters. The number of carbonyl (C=O) groups excluding carboxylic acids is 1. The third-order valence-electron chi connectivity index (χ3n) is 6.83. The number of aliphatic carboxylic acids is 1. The Kier molecular flexibility index (Phi) is 4.83. The van der Waals surface area contributed by atoms with Crippen LogP contribution in [0.2, 0.25) is 0 Å². The summed E-state index contributed by atoms with van der Waals surface area (Å²) in [6.45, 7) is 7.17. The minimum absolute atomic E-state index is 0.0783. The van der Waals surface area contributed by atoms with Crippen molar-refractivity contribution < 1.29 is 19.8 Å². The number of aliphatic hydroxyl groups is 1. The van der Waals surface area contributed by atoms with Crippen LogP contribution >= 0.6 is 11.8 Å². The van der Waals surface area contributed by atoms with Gasteiger partial charge in [0.15, 0.2) is 0 Å². The zero-order chi connectivity index (χ0) is 21.2. The highest BCUT2D eigenvalue weighted by atomic mass is 32.2. The molecule has 30 heavy (non-hydrogen) atoms. The van der Waals surface area contributed by atoms with E-state index in [2.05, 4.69) is 15.3 Å². The average molecular weight is 434 g/mol. The minimum Gasteiger partial charge on any atom is -0.477 e. The van der Waals surface area contributed by atoms with Crippen molar-refractivity contribution in [3.8, 4) is 0 Å². The first-order chi connectivity index (χ1) is 14.4. The van der Waals surface area contributed by atoms with E-state index in [1.54, 1.807) is 18.7 Å². The largest absolute Gasteiger partial charge is 0.477 e. The predicted molar refractivity (Wildman–Crippen MR) is 112 cm³/mol. The van der Waals surface area contributed by atoms with Gasteiger partial charge >= 0.3 is 5.97 Å². The highest BCUT2D eigenvalue weighted by molar-refractivity contribution is 8.03. The highest BCUT2D eigenvalue weighted by Crippen LogP contribution is 2.51. The quantitative estimate of drug-likeness (QED) is 0.550. The van der Waals surface area contributed by atoms with Gasteiger partial charge in [0.1, 0.15) is 11.5 Å². The summed E-state index contributed by atoms with van der Waals surface area (Å²) in [5.41, 5.74) is 0.117. The first-order valence-electron chi connectivity index (χ1n) is 10.5. The molecule has 1 aromatic rings. The van der Waals surface area contributed by atoms with Crippen molar-refractivity contribution >= 4 is 29.5 Å². The molecule has 4 aliphatic heterocycles. The number of fused-ring (bicyclic) bond motifs is 2. The van der Waals surface area contributed by atoms with E-state index in [4.69, 9.17) is 0 Å². The molecule has 0 saturated carbocycles. The van der Waals surface area contributed by atoms with Gasteiger partial charge in [-0.2, -0.15) is 5.10 Å². The number of rotatable bonds is 6. The van der Waals surface area contributed by atoms with E-state index in [0.29, 0.717) is 6.04 Å². The van der Waals surface area contributed by atoms with Crippen molar-refractivity contribution in [3.05, 3.63) is 22.9 Å². The first-order valence-corrected chi connectivity index (χ1v) is 11.4. The number of hydrogen-bond acceptors (Lipinski definition) is 7. The van der Waals surface area contributed by atoms with Crippen LogP contribution in [0.25, 0.3) is 0 Å². The zero-order valence-corrected chi connectivity index (χ0v) is 17.9. The van der Waals surface area contributed by atoms with Gasteiger partial charge in [-0.05, 0) is 13.3 Å². The van der Waals surface area contributed by atoms with Crippen molar-refractivity contribution in [2.24, 2.45) is 11.8 Å². The molecule has 5 rings (SSSR count). The van der Waals surface area contributed by atoms with Gasteiger partial charge in [-0.1, -0.05) is 6.92 Å². The van der Waals surface area contributed by atoms with Crippen LogP contribution in [0.3, 0.4) is 0 Å². The Bertz CT molecular complexity index is 915. The summed E-state index contributed by atoms with van der Waals surface area (Å²) in [6.07, 6.45) is 2.00. The number of nitrogens with zero attached hydrogens (tertiary/aromatic N) is 4. The molecule has 4 aliphatic rings. The lowest BCUT2D eigenvalue weighted by molar-refractivity contribution is -0.163. The van der Waals surface area contributed by atoms with E-state index >= 15 is 0 Å². The normalized spacial score (nSPS) is 33.7. The van der Waals surface area contributed by atoms with E-state index in [-0.39, 0.29) is 28.8 Å². The Morgan fingerprint density at radius 1 is 1.43 bits per heavy atom. The Morgan fingerprint density at radius 3 is 2.97 bits per heavy atom. The summed E-state index contributed by atoms with van der Waals surface area (Å²) in [5.74, 6) is -0.771. The smallest absolute Gasteiger partial charge is 0.353 e. The van der Waals surface area contributed by atoms with Gasteiger partial charge in [-0.15, -0.1) is 11.8 Å². The molecule has 0 bridgehead atoms. The van der Waals surface area contributed by atoms with Gasteiger partial charge in [-0.25, -0.2) is 9.48 Å². The van der Waals surface area contributed by atoms with E-state index in [1.165, 1.54) is 4.90 Å². The van der Waals surface area contributed by atoms with Crippen LogP contribution in [-0.2, 0) is 16.1 Å². The van der Waals surface area contributed by atoms with Crippen molar-refractivity contribution in [1.29, 1.82) is 0 Å². The summed E-state index contributed by atoms with van der Waals surface area (Å²) in [7, 11) is 0. The zero-order valence-electron chi connectivity index (χ0n) is 17.1. The Labute approximate surface area is 179 Å². The molecule has 9 nitrogen and oxygen atoms in total. The van der Waals surface area contributed by atoms with Crippen molar-refractivity contribution in [2.45, 2.75) is 50.3 Å². The van der Waals surface area contributed by atoms with Crippen molar-refractivity contribution in [2.75, 3.05) is 24.5 Å². The molecule has 2 saturated heterocycles. The number of aliphatic hydroxyl groups excluding tert-OH is 1. The predicted octanol–water partition coefficient (Wildman–Crippen LogP) is 0.321. The number of thioether (sulfide) groups is 1. The fourth-order valence-corrected chi connectivity index (χ4v) is 6.94. The van der Waals surface area contributed by atoms with E-state index < -0.39 is 18.0 Å². The molecule has 5 heterocycles. The molecule has 6 atom stereocenters. The van der Waals surface area contributed by atoms with Crippen LogP contribution in [0, 0.1) is 11.8 Å². The molecular formula is C20H27N5O4S. The lowest BCUT2D eigenvalue weighted by atomic mass is 9.79. The number of aromatic nitrogens is 2. The van der Waals surface area contributed by atoms with Crippen LogP contribution in [0.4, 0.5) is 5.82 Å². The number of carboxylic acids is 1. The van der Waals surface area contributed by atoms with Gasteiger partial charge in [-0.3, -0.25) is 4.79 Å². The second-order valence-corrected chi connectivity index (χ2v) is 10.1. The molecule has 1 amide bonds. The monoisotopic (exact) mass is 433 g/mol. The Balaban J connectivity index is 1.27. The van der Waals surface area contributed by atoms with Crippen LogP contribution in [0.1, 0.15) is 20.3 Å². The minimum atomic E-state index is -1.06. The summed E-state index contributed by atoms with van der Waals surface area (Å²) < 4.78 is 2.02. The van der Waals surface area contributed by atoms with Crippen LogP contribution in [0.5, 0.6) is 0 Å². The van der Waals surface area contributed by atoms with Gasteiger partial charge in [0.05, 0.1) is 30.8 Å². The van der Waals surface area contributed by atoms with Gasteiger partial charge in [0.2, 0.25) is 5.91 Å². The van der Waals surface area contributed by atoms with Crippen LogP contribution in [-0.4, -0.2) is 79.8 Å². The number of amides is 1. The number of anilines is 1. The second-order valence-electron chi connectivity index (χ2n) is 8.71. The third-order valence-corrected chi connectivity index (χ3v) is 8.34. The third kappa shape index (κ3) is 2.96. The maximum absolute atomic E-state index is 12.5. The number of hydrogen-bond donors (Lipinski definition) is 3. The van der Waals surface area contributed by atoms with Crippen molar-refractivity contribution in [1.82, 2.24) is 20.0 Å². The van der Waals surface area contributed by atoms with E-state index in [9.17, 15) is 19.8 Å². The molecule has 0 aliphatic carbocycles. The topological polar surface area (TPSA) is 111 Å². The molecule has 10 heteroatoms. The molecular weight excluding hydrogens is 406 g/mol. The fourth-order valence-electron chi connectivity index (χ4n) is 5.42. The maximum Gasteiger partial charge on any atom is 0.353 e. The summed E-state index contributed by atoms with van der Waals surface area (Å²) in [5, 5.41) is 27.9. The molecule has 0 aromatic carbocycles. The highest BCUT2D eigenvalue weighted by Gasteiger charge is 2.60. The Morgan fingerprint density at radius 2 is 2.23 bits per heavy atom. The second kappa shape index (κ2) is 7.28. The number of β-lactam (4-membered cyclic amide) rings is 1. The van der Waals surface area contributed by atoms with Gasteiger partial charge in [0, 0.05) is 47.8 Å². The lowest BCUT2D eigenvalue weighted by Gasteiger charge is -2.46. The van der Waals surface area contributed by atoms with Gasteiger partial charge < -0.3 is 25.3 Å². The van der Waals surface area contributed by atoms with E-state index in [1.807, 2.05) is 23.9 Å². The van der Waals surface area contributed by atoms with E-state index in [0.717, 1.165) is 43.3 Å². The number of carboxylic acid groups (broad SMARTS) is 1. The van der Waals surface area contributed by atoms with Crippen LogP contribution < -0.4 is 10.2 Å². The first kappa shape index (κ1) is 19.9. The summed E-state index contributed by atoms with van der Waals surface area (Å²) >= 11 is 1.60. The molecule has 0 spiro atoms. The molecule has 0 radical (unpaired) electrons. The lowest BCUT2D eigenvalue weighted by Crippen LogP contribution is -2.63. The molecule has 1 aromatic heterocycles. The number of carbonyl (C=O) groups is 2. The maximum atomic E-state index is 12.5. The fraction of sp³-hybridized carbons (Fsp3) is 0.650. The standard InChI is InChI=1S/C20H27N5O4S/c1-10-16-15(11(2)26)19(27)25(16)17(20(28)29)18(10)30-13-7-12(21-8-13)9-23-5-6-24-14(23)3-4-22-24/h3-4,10-13,15-16,21,26H,5-9H2,1-2H3,(H,28,29)/t10-,11-,12+,13+,15-,16-/m1/s1. The average Bonchev–Trinajstić information content (AvgIpc) is 3.42. The number of nitrogens with one attached hydrogen (secondary N) is 1. The van der Waals surface area contributed by atoms with Gasteiger partial charge in [0.25, 0.3) is 0 Å². The van der Waals surface area contributed by atoms with Crippen LogP contribution in [0.15, 0.2) is 22.9 Å². The summed E-state index contributed by atoms with van der Waals surface area (Å²) in [6, 6.07) is 2.12. The molecule has 162 valence electrons. The summed E-state index contributed by atoms with van der Waals surface area (Å²) in [4.78, 5) is 29.0. The Hall–Kier alpha value is -2.04.